The highest BCUT2D eigenvalue weighted by molar-refractivity contribution is 5.86. The summed E-state index contributed by atoms with van der Waals surface area (Å²) in [4.78, 5) is 23.1. The molecule has 0 saturated carbocycles. The highest BCUT2D eigenvalue weighted by atomic mass is 19.1. The summed E-state index contributed by atoms with van der Waals surface area (Å²) in [6.07, 6.45) is 1.23. The molecule has 2 aromatic rings. The average molecular weight is 372 g/mol. The van der Waals surface area contributed by atoms with Crippen LogP contribution in [0.5, 0.6) is 0 Å². The Morgan fingerprint density at radius 2 is 2.00 bits per heavy atom. The van der Waals surface area contributed by atoms with Crippen molar-refractivity contribution in [2.45, 2.75) is 40.5 Å². The SMILES string of the molecule is Cc1nc(N2CCCc3cc(F)ccc32)nc(C)c1NC(=O)OCC(C)C. The molecule has 144 valence electrons. The van der Waals surface area contributed by atoms with E-state index in [0.717, 1.165) is 30.6 Å². The van der Waals surface area contributed by atoms with Gasteiger partial charge in [0.2, 0.25) is 5.95 Å². The van der Waals surface area contributed by atoms with Crippen molar-refractivity contribution in [1.29, 1.82) is 0 Å². The molecule has 0 atom stereocenters. The Balaban J connectivity index is 1.85. The maximum absolute atomic E-state index is 13.5. The van der Waals surface area contributed by atoms with Crippen molar-refractivity contribution in [3.8, 4) is 0 Å². The molecule has 1 aliphatic rings. The molecule has 6 nitrogen and oxygen atoms in total. The third-order valence-corrected chi connectivity index (χ3v) is 4.44. The minimum absolute atomic E-state index is 0.233. The van der Waals surface area contributed by atoms with Crippen LogP contribution >= 0.6 is 0 Å². The third-order valence-electron chi connectivity index (χ3n) is 4.44. The third kappa shape index (κ3) is 4.35. The molecule has 0 radical (unpaired) electrons. The Morgan fingerprint density at radius 1 is 1.30 bits per heavy atom. The van der Waals surface area contributed by atoms with Gasteiger partial charge < -0.3 is 9.64 Å². The summed E-state index contributed by atoms with van der Waals surface area (Å²) in [6.45, 7) is 8.72. The summed E-state index contributed by atoms with van der Waals surface area (Å²) in [6, 6.07) is 4.80. The van der Waals surface area contributed by atoms with Gasteiger partial charge in [0.15, 0.2) is 0 Å². The number of halogens is 1. The van der Waals surface area contributed by atoms with Crippen molar-refractivity contribution >= 4 is 23.4 Å². The molecule has 0 saturated heterocycles. The number of amides is 1. The molecule has 7 heteroatoms. The fourth-order valence-corrected chi connectivity index (χ4v) is 3.15. The number of nitrogens with one attached hydrogen (secondary N) is 1. The molecular weight excluding hydrogens is 347 g/mol. The van der Waals surface area contributed by atoms with Crippen LogP contribution in [0.25, 0.3) is 0 Å². The molecule has 0 bridgehead atoms. The van der Waals surface area contributed by atoms with E-state index in [9.17, 15) is 9.18 Å². The molecule has 1 aliphatic heterocycles. The van der Waals surface area contributed by atoms with Gasteiger partial charge in [-0.2, -0.15) is 0 Å². The van der Waals surface area contributed by atoms with E-state index < -0.39 is 6.09 Å². The van der Waals surface area contributed by atoms with Crippen LogP contribution < -0.4 is 10.2 Å². The second-order valence-corrected chi connectivity index (χ2v) is 7.21. The standard InChI is InChI=1S/C20H25FN4O2/c1-12(2)11-27-20(26)24-18-13(3)22-19(23-14(18)4)25-9-5-6-15-10-16(21)7-8-17(15)25/h7-8,10,12H,5-6,9,11H2,1-4H3,(H,24,26). The number of anilines is 3. The molecule has 1 amide bonds. The maximum atomic E-state index is 13.5. The number of hydrogen-bond donors (Lipinski definition) is 1. The predicted molar refractivity (Wildman–Crippen MR) is 103 cm³/mol. The summed E-state index contributed by atoms with van der Waals surface area (Å²) in [5.74, 6) is 0.586. The predicted octanol–water partition coefficient (Wildman–Crippen LogP) is 4.52. The van der Waals surface area contributed by atoms with Gasteiger partial charge in [-0.1, -0.05) is 13.8 Å². The first-order valence-electron chi connectivity index (χ1n) is 9.20. The van der Waals surface area contributed by atoms with Gasteiger partial charge in [0.05, 0.1) is 23.7 Å². The number of rotatable bonds is 4. The molecule has 2 heterocycles. The molecular formula is C20H25FN4O2. The molecule has 0 unspecified atom stereocenters. The van der Waals surface area contributed by atoms with E-state index in [1.54, 1.807) is 12.1 Å². The Morgan fingerprint density at radius 3 is 2.67 bits per heavy atom. The first-order chi connectivity index (χ1) is 12.8. The highest BCUT2D eigenvalue weighted by Crippen LogP contribution is 2.33. The zero-order chi connectivity index (χ0) is 19.6. The number of carbonyl (C=O) groups is 1. The molecule has 0 fully saturated rings. The zero-order valence-electron chi connectivity index (χ0n) is 16.2. The first kappa shape index (κ1) is 19.1. The lowest BCUT2D eigenvalue weighted by atomic mass is 10.0. The first-order valence-corrected chi connectivity index (χ1v) is 9.20. The van der Waals surface area contributed by atoms with Gasteiger partial charge in [0, 0.05) is 12.2 Å². The van der Waals surface area contributed by atoms with Gasteiger partial charge in [-0.3, -0.25) is 5.32 Å². The van der Waals surface area contributed by atoms with Crippen LogP contribution in [0.15, 0.2) is 18.2 Å². The quantitative estimate of drug-likeness (QED) is 0.855. The number of aryl methyl sites for hydroxylation is 3. The van der Waals surface area contributed by atoms with Crippen molar-refractivity contribution in [2.24, 2.45) is 5.92 Å². The monoisotopic (exact) mass is 372 g/mol. The van der Waals surface area contributed by atoms with Crippen LogP contribution in [0, 0.1) is 25.6 Å². The topological polar surface area (TPSA) is 67.4 Å². The van der Waals surface area contributed by atoms with Crippen molar-refractivity contribution in [1.82, 2.24) is 9.97 Å². The minimum Gasteiger partial charge on any atom is -0.449 e. The lowest BCUT2D eigenvalue weighted by Gasteiger charge is -2.30. The van der Waals surface area contributed by atoms with Gasteiger partial charge in [0.1, 0.15) is 5.82 Å². The molecule has 1 aromatic heterocycles. The van der Waals surface area contributed by atoms with Gasteiger partial charge in [-0.05, 0) is 56.4 Å². The van der Waals surface area contributed by atoms with Crippen LogP contribution in [-0.4, -0.2) is 29.2 Å². The number of nitrogens with zero attached hydrogens (tertiary/aromatic N) is 3. The van der Waals surface area contributed by atoms with Crippen molar-refractivity contribution in [3.05, 3.63) is 41.0 Å². The largest absolute Gasteiger partial charge is 0.449 e. The van der Waals surface area contributed by atoms with Crippen LogP contribution in [0.1, 0.15) is 37.2 Å². The number of benzene rings is 1. The normalized spacial score (nSPS) is 13.5. The van der Waals surface area contributed by atoms with E-state index in [2.05, 4.69) is 15.3 Å². The minimum atomic E-state index is -0.509. The van der Waals surface area contributed by atoms with Crippen molar-refractivity contribution in [2.75, 3.05) is 23.4 Å². The van der Waals surface area contributed by atoms with E-state index in [4.69, 9.17) is 4.74 Å². The highest BCUT2D eigenvalue weighted by Gasteiger charge is 2.22. The summed E-state index contributed by atoms with van der Waals surface area (Å²) in [5, 5.41) is 2.74. The van der Waals surface area contributed by atoms with Gasteiger partial charge in [0.25, 0.3) is 0 Å². The Labute approximate surface area is 158 Å². The van der Waals surface area contributed by atoms with E-state index in [1.807, 2.05) is 32.6 Å². The van der Waals surface area contributed by atoms with Crippen molar-refractivity contribution < 1.29 is 13.9 Å². The van der Waals surface area contributed by atoms with E-state index in [1.165, 1.54) is 6.07 Å². The number of aromatic nitrogens is 2. The van der Waals surface area contributed by atoms with E-state index in [-0.39, 0.29) is 11.7 Å². The summed E-state index contributed by atoms with van der Waals surface area (Å²) < 4.78 is 18.7. The van der Waals surface area contributed by atoms with Crippen LogP contribution in [0.2, 0.25) is 0 Å². The zero-order valence-corrected chi connectivity index (χ0v) is 16.2. The van der Waals surface area contributed by atoms with Gasteiger partial charge in [-0.15, -0.1) is 0 Å². The fraction of sp³-hybridized carbons (Fsp3) is 0.450. The van der Waals surface area contributed by atoms with Crippen LogP contribution in [-0.2, 0) is 11.2 Å². The summed E-state index contributed by atoms with van der Waals surface area (Å²) in [7, 11) is 0. The molecule has 0 aliphatic carbocycles. The second kappa shape index (κ2) is 7.90. The number of hydrogen-bond acceptors (Lipinski definition) is 5. The summed E-state index contributed by atoms with van der Waals surface area (Å²) >= 11 is 0. The Kier molecular flexibility index (Phi) is 5.58. The molecule has 3 rings (SSSR count). The molecule has 27 heavy (non-hydrogen) atoms. The van der Waals surface area contributed by atoms with Crippen molar-refractivity contribution in [3.63, 3.8) is 0 Å². The van der Waals surface area contributed by atoms with Crippen LogP contribution in [0.4, 0.5) is 26.5 Å². The lowest BCUT2D eigenvalue weighted by molar-refractivity contribution is 0.147. The van der Waals surface area contributed by atoms with E-state index >= 15 is 0 Å². The molecule has 1 aromatic carbocycles. The Hall–Kier alpha value is -2.70. The summed E-state index contributed by atoms with van der Waals surface area (Å²) in [5.41, 5.74) is 3.77. The number of fused-ring (bicyclic) bond motifs is 1. The molecule has 1 N–H and O–H groups in total. The number of ether oxygens (including phenoxy) is 1. The number of carbonyl (C=O) groups excluding carboxylic acids is 1. The van der Waals surface area contributed by atoms with Gasteiger partial charge >= 0.3 is 6.09 Å². The smallest absolute Gasteiger partial charge is 0.411 e. The average Bonchev–Trinajstić information content (AvgIpc) is 2.62. The maximum Gasteiger partial charge on any atom is 0.411 e. The molecule has 0 spiro atoms. The fourth-order valence-electron chi connectivity index (χ4n) is 3.15. The van der Waals surface area contributed by atoms with E-state index in [0.29, 0.717) is 29.6 Å². The second-order valence-electron chi connectivity index (χ2n) is 7.21. The lowest BCUT2D eigenvalue weighted by Crippen LogP contribution is -2.27. The van der Waals surface area contributed by atoms with Gasteiger partial charge in [-0.25, -0.2) is 19.2 Å². The Bertz CT molecular complexity index is 831. The van der Waals surface area contributed by atoms with Crippen LogP contribution in [0.3, 0.4) is 0 Å².